The maximum Gasteiger partial charge on any atom is 0.291 e. The van der Waals surface area contributed by atoms with E-state index in [2.05, 4.69) is 4.98 Å². The van der Waals surface area contributed by atoms with Crippen molar-refractivity contribution < 1.29 is 24.1 Å². The van der Waals surface area contributed by atoms with Crippen LogP contribution >= 0.6 is 11.3 Å². The Labute approximate surface area is 171 Å². The van der Waals surface area contributed by atoms with Crippen LogP contribution in [0.25, 0.3) is 0 Å². The molecule has 1 aromatic carbocycles. The fraction of sp³-hybridized carbons (Fsp3) is 0.182. The molecule has 1 fully saturated rings. The number of Topliss-reactive ketones (excluding diaryl/α,β-unsaturated/α-hetero) is 2. The Morgan fingerprint density at radius 1 is 1.17 bits per heavy atom. The third-order valence-electron chi connectivity index (χ3n) is 5.00. The Morgan fingerprint density at radius 2 is 2.03 bits per heavy atom. The molecule has 0 saturated carbocycles. The highest BCUT2D eigenvalue weighted by atomic mass is 32.1. The minimum Gasteiger partial charge on any atom is -0.497 e. The largest absolute Gasteiger partial charge is 0.497 e. The van der Waals surface area contributed by atoms with Crippen LogP contribution in [0.2, 0.25) is 0 Å². The van der Waals surface area contributed by atoms with Gasteiger partial charge in [0, 0.05) is 22.1 Å². The number of aromatic amines is 1. The molecule has 1 amide bonds. The number of likely N-dealkylation sites (tertiary alicyclic amines) is 1. The molecule has 7 heteroatoms. The van der Waals surface area contributed by atoms with Crippen molar-refractivity contribution in [3.05, 3.63) is 82.3 Å². The Kier molecular flexibility index (Phi) is 5.22. The number of nitrogens with one attached hydrogen (secondary N) is 1. The van der Waals surface area contributed by atoms with E-state index in [1.165, 1.54) is 23.3 Å². The summed E-state index contributed by atoms with van der Waals surface area (Å²) in [6.45, 7) is 0.242. The van der Waals surface area contributed by atoms with Crippen LogP contribution in [-0.2, 0) is 16.1 Å². The second-order valence-electron chi connectivity index (χ2n) is 6.74. The summed E-state index contributed by atoms with van der Waals surface area (Å²) < 4.78 is 5.20. The van der Waals surface area contributed by atoms with Gasteiger partial charge in [-0.3, -0.25) is 14.4 Å². The minimum absolute atomic E-state index is 0.242. The van der Waals surface area contributed by atoms with E-state index in [0.717, 1.165) is 10.4 Å². The van der Waals surface area contributed by atoms with E-state index in [9.17, 15) is 14.4 Å². The highest BCUT2D eigenvalue weighted by Gasteiger charge is 2.52. The molecule has 0 radical (unpaired) electrons. The molecule has 0 aliphatic carbocycles. The molecular formula is C22H19N2O4S+. The maximum absolute atomic E-state index is 13.3. The molecule has 4 rings (SSSR count). The Bertz CT molecular complexity index is 1050. The smallest absolute Gasteiger partial charge is 0.291 e. The quantitative estimate of drug-likeness (QED) is 0.358. The van der Waals surface area contributed by atoms with E-state index in [0.29, 0.717) is 11.3 Å². The molecule has 146 valence electrons. The van der Waals surface area contributed by atoms with E-state index in [1.54, 1.807) is 36.7 Å². The zero-order chi connectivity index (χ0) is 20.4. The Hall–Kier alpha value is -3.32. The molecule has 2 unspecified atom stereocenters. The lowest BCUT2D eigenvalue weighted by molar-refractivity contribution is -0.378. The van der Waals surface area contributed by atoms with E-state index >= 15 is 0 Å². The second kappa shape index (κ2) is 7.97. The first-order chi connectivity index (χ1) is 14.1. The number of ether oxygens (including phenoxy) is 1. The maximum atomic E-state index is 13.3. The minimum atomic E-state index is -1.08. The highest BCUT2D eigenvalue weighted by molar-refractivity contribution is 7.10. The van der Waals surface area contributed by atoms with Crippen molar-refractivity contribution >= 4 is 28.8 Å². The number of pyridine rings is 1. The van der Waals surface area contributed by atoms with Gasteiger partial charge in [0.05, 0.1) is 19.7 Å². The third-order valence-corrected chi connectivity index (χ3v) is 5.94. The number of H-pyrrole nitrogens is 1. The number of carbonyl (C=O) groups excluding carboxylic acids is 3. The van der Waals surface area contributed by atoms with Crippen molar-refractivity contribution in [3.8, 4) is 5.75 Å². The van der Waals surface area contributed by atoms with Crippen LogP contribution in [0.1, 0.15) is 26.8 Å². The normalized spacial score (nSPS) is 18.9. The molecule has 1 saturated heterocycles. The molecule has 2 aromatic heterocycles. The van der Waals surface area contributed by atoms with E-state index < -0.39 is 23.7 Å². The first kappa shape index (κ1) is 19.0. The van der Waals surface area contributed by atoms with Crippen LogP contribution in [0.4, 0.5) is 0 Å². The zero-order valence-corrected chi connectivity index (χ0v) is 16.5. The molecular weight excluding hydrogens is 388 g/mol. The molecule has 6 nitrogen and oxygen atoms in total. The summed E-state index contributed by atoms with van der Waals surface area (Å²) in [5.41, 5.74) is 1.21. The third kappa shape index (κ3) is 3.56. The Balaban J connectivity index is 1.74. The molecule has 1 aliphatic rings. The van der Waals surface area contributed by atoms with Crippen molar-refractivity contribution in [1.82, 2.24) is 4.90 Å². The standard InChI is InChI=1S/C22H18N2O4S/c1-28-16-7-2-6-15(11-16)20(25)18-19(17-8-4-10-29-17)24(22(27)21(18)26)13-14-5-3-9-23-12-14/h2-12,18-19H,13H2,1H3/p+1. The molecule has 1 N–H and O–H groups in total. The topological polar surface area (TPSA) is 77.8 Å². The van der Waals surface area contributed by atoms with Crippen LogP contribution in [0, 0.1) is 5.92 Å². The summed E-state index contributed by atoms with van der Waals surface area (Å²) in [5, 5.41) is 1.88. The monoisotopic (exact) mass is 407 g/mol. The number of hydrogen-bond donors (Lipinski definition) is 0. The number of methoxy groups -OCH3 is 1. The average Bonchev–Trinajstić information content (AvgIpc) is 3.37. The zero-order valence-electron chi connectivity index (χ0n) is 15.7. The first-order valence-electron chi connectivity index (χ1n) is 9.11. The van der Waals surface area contributed by atoms with E-state index in [-0.39, 0.29) is 12.3 Å². The molecule has 3 aromatic rings. The van der Waals surface area contributed by atoms with Gasteiger partial charge in [0.2, 0.25) is 5.78 Å². The van der Waals surface area contributed by atoms with Gasteiger partial charge in [-0.1, -0.05) is 18.2 Å². The van der Waals surface area contributed by atoms with Gasteiger partial charge in [-0.25, -0.2) is 4.98 Å². The van der Waals surface area contributed by atoms with Crippen molar-refractivity contribution in [1.29, 1.82) is 0 Å². The van der Waals surface area contributed by atoms with Crippen LogP contribution in [-0.4, -0.2) is 29.5 Å². The molecule has 3 heterocycles. The predicted molar refractivity (Wildman–Crippen MR) is 106 cm³/mol. The molecule has 0 bridgehead atoms. The number of rotatable bonds is 6. The summed E-state index contributed by atoms with van der Waals surface area (Å²) in [6.07, 6.45) is 3.55. The van der Waals surface area contributed by atoms with Gasteiger partial charge in [-0.2, -0.15) is 0 Å². The number of thiophene rings is 1. The number of benzene rings is 1. The number of amides is 1. The first-order valence-corrected chi connectivity index (χ1v) is 9.99. The molecule has 0 spiro atoms. The van der Waals surface area contributed by atoms with Crippen molar-refractivity contribution in [3.63, 3.8) is 0 Å². The van der Waals surface area contributed by atoms with Gasteiger partial charge in [0.25, 0.3) is 5.91 Å². The summed E-state index contributed by atoms with van der Waals surface area (Å²) in [7, 11) is 1.51. The summed E-state index contributed by atoms with van der Waals surface area (Å²) in [6, 6.07) is 13.5. The van der Waals surface area contributed by atoms with Gasteiger partial charge in [-0.05, 0) is 29.6 Å². The lowest BCUT2D eigenvalue weighted by Gasteiger charge is -2.25. The van der Waals surface area contributed by atoms with Gasteiger partial charge in [0.15, 0.2) is 18.2 Å². The molecule has 1 aliphatic heterocycles. The number of hydrogen-bond acceptors (Lipinski definition) is 5. The fourth-order valence-corrected chi connectivity index (χ4v) is 4.49. The summed E-state index contributed by atoms with van der Waals surface area (Å²) in [5.74, 6) is -2.23. The van der Waals surface area contributed by atoms with Crippen molar-refractivity contribution in [2.24, 2.45) is 5.92 Å². The van der Waals surface area contributed by atoms with Gasteiger partial charge >= 0.3 is 0 Å². The van der Waals surface area contributed by atoms with E-state index in [4.69, 9.17) is 4.74 Å². The number of nitrogens with zero attached hydrogens (tertiary/aromatic N) is 1. The number of ketones is 2. The number of carbonyl (C=O) groups is 3. The Morgan fingerprint density at radius 3 is 2.72 bits per heavy atom. The van der Waals surface area contributed by atoms with Crippen LogP contribution < -0.4 is 9.72 Å². The van der Waals surface area contributed by atoms with E-state index in [1.807, 2.05) is 29.6 Å². The second-order valence-corrected chi connectivity index (χ2v) is 7.72. The van der Waals surface area contributed by atoms with Crippen molar-refractivity contribution in [2.45, 2.75) is 12.6 Å². The van der Waals surface area contributed by atoms with Crippen LogP contribution in [0.15, 0.2) is 66.3 Å². The highest BCUT2D eigenvalue weighted by Crippen LogP contribution is 2.41. The molecule has 2 atom stereocenters. The number of aromatic nitrogens is 1. The van der Waals surface area contributed by atoms with Crippen LogP contribution in [0.5, 0.6) is 5.75 Å². The summed E-state index contributed by atoms with van der Waals surface area (Å²) >= 11 is 1.43. The SMILES string of the molecule is COc1cccc(C(=O)C2C(=O)C(=O)N(Cc3ccc[nH+]c3)C2c2cccs2)c1. The predicted octanol–water partition coefficient (Wildman–Crippen LogP) is 2.72. The van der Waals surface area contributed by atoms with Crippen molar-refractivity contribution in [2.75, 3.05) is 7.11 Å². The summed E-state index contributed by atoms with van der Waals surface area (Å²) in [4.78, 5) is 44.4. The lowest BCUT2D eigenvalue weighted by Crippen LogP contribution is -2.30. The van der Waals surface area contributed by atoms with Gasteiger partial charge in [-0.15, -0.1) is 11.3 Å². The average molecular weight is 407 g/mol. The van der Waals surface area contributed by atoms with Gasteiger partial charge in [0.1, 0.15) is 11.7 Å². The lowest BCUT2D eigenvalue weighted by atomic mass is 9.89. The fourth-order valence-electron chi connectivity index (χ4n) is 3.62. The van der Waals surface area contributed by atoms with Gasteiger partial charge < -0.3 is 9.64 Å². The van der Waals surface area contributed by atoms with Crippen LogP contribution in [0.3, 0.4) is 0 Å². The molecule has 29 heavy (non-hydrogen) atoms.